The fraction of sp³-hybridized carbons (Fsp3) is 0.444. The zero-order chi connectivity index (χ0) is 15.8. The van der Waals surface area contributed by atoms with Gasteiger partial charge < -0.3 is 0 Å². The van der Waals surface area contributed by atoms with E-state index in [1.54, 1.807) is 12.1 Å². The highest BCUT2D eigenvalue weighted by molar-refractivity contribution is 5.33. The van der Waals surface area contributed by atoms with Crippen LogP contribution in [0.3, 0.4) is 0 Å². The van der Waals surface area contributed by atoms with Gasteiger partial charge in [0.25, 0.3) is 0 Å². The number of benzene rings is 1. The van der Waals surface area contributed by atoms with Crippen molar-refractivity contribution in [2.75, 3.05) is 0 Å². The second-order valence-electron chi connectivity index (χ2n) is 6.59. The van der Waals surface area contributed by atoms with Crippen LogP contribution in [-0.2, 0) is 6.54 Å². The first-order valence-electron chi connectivity index (χ1n) is 8.18. The molecule has 2 aromatic rings. The van der Waals surface area contributed by atoms with Crippen molar-refractivity contribution in [1.82, 2.24) is 14.7 Å². The minimum Gasteiger partial charge on any atom is -0.293 e. The highest BCUT2D eigenvalue weighted by atomic mass is 19.1. The fourth-order valence-corrected chi connectivity index (χ4v) is 4.16. The largest absolute Gasteiger partial charge is 0.293 e. The molecule has 0 radical (unpaired) electrons. The summed E-state index contributed by atoms with van der Waals surface area (Å²) in [6.07, 6.45) is 8.40. The second-order valence-corrected chi connectivity index (χ2v) is 6.59. The Bertz CT molecular complexity index is 720. The van der Waals surface area contributed by atoms with Crippen molar-refractivity contribution in [3.05, 3.63) is 53.6 Å². The van der Waals surface area contributed by atoms with E-state index < -0.39 is 0 Å². The van der Waals surface area contributed by atoms with E-state index in [-0.39, 0.29) is 5.82 Å². The van der Waals surface area contributed by atoms with Gasteiger partial charge in [0, 0.05) is 36.6 Å². The molecule has 5 heteroatoms. The summed E-state index contributed by atoms with van der Waals surface area (Å²) in [6, 6.07) is 10.2. The summed E-state index contributed by atoms with van der Waals surface area (Å²) in [4.78, 5) is 2.45. The molecule has 4 rings (SSSR count). The SMILES string of the molecule is N#Cc1ccc(CN2C3CCC2CC(n2cccn2)C3)c(F)c1. The molecular formula is C18H19FN4. The number of piperidine rings is 1. The standard InChI is InChI=1S/C18H19FN4/c19-18-8-13(11-20)2-3-14(18)12-22-15-4-5-16(22)10-17(9-15)23-7-1-6-21-23/h1-3,6-8,15-17H,4-5,9-10,12H2. The maximum absolute atomic E-state index is 14.2. The van der Waals surface area contributed by atoms with Gasteiger partial charge in [0.05, 0.1) is 17.7 Å². The van der Waals surface area contributed by atoms with Crippen molar-refractivity contribution in [2.45, 2.75) is 50.4 Å². The van der Waals surface area contributed by atoms with Gasteiger partial charge >= 0.3 is 0 Å². The lowest BCUT2D eigenvalue weighted by atomic mass is 9.96. The van der Waals surface area contributed by atoms with Crippen LogP contribution in [0.2, 0.25) is 0 Å². The first-order chi connectivity index (χ1) is 11.2. The Kier molecular flexibility index (Phi) is 3.62. The minimum absolute atomic E-state index is 0.266. The summed E-state index contributed by atoms with van der Waals surface area (Å²) < 4.78 is 16.2. The Balaban J connectivity index is 1.50. The summed E-state index contributed by atoms with van der Waals surface area (Å²) in [7, 11) is 0. The molecule has 3 heterocycles. The number of fused-ring (bicyclic) bond motifs is 2. The van der Waals surface area contributed by atoms with Gasteiger partial charge in [0.1, 0.15) is 5.82 Å². The van der Waals surface area contributed by atoms with E-state index in [2.05, 4.69) is 14.7 Å². The predicted octanol–water partition coefficient (Wildman–Crippen LogP) is 3.26. The minimum atomic E-state index is -0.266. The molecule has 2 bridgehead atoms. The van der Waals surface area contributed by atoms with E-state index in [0.29, 0.717) is 35.8 Å². The Morgan fingerprint density at radius 1 is 1.22 bits per heavy atom. The van der Waals surface area contributed by atoms with Crippen LogP contribution in [0.25, 0.3) is 0 Å². The number of halogens is 1. The smallest absolute Gasteiger partial charge is 0.129 e. The molecule has 4 nitrogen and oxygen atoms in total. The van der Waals surface area contributed by atoms with Gasteiger partial charge in [-0.2, -0.15) is 10.4 Å². The molecule has 1 aromatic heterocycles. The molecule has 2 atom stereocenters. The molecule has 118 valence electrons. The van der Waals surface area contributed by atoms with Gasteiger partial charge in [-0.05, 0) is 43.9 Å². The third-order valence-electron chi connectivity index (χ3n) is 5.29. The van der Waals surface area contributed by atoms with Crippen molar-refractivity contribution in [3.63, 3.8) is 0 Å². The van der Waals surface area contributed by atoms with Crippen LogP contribution in [0.5, 0.6) is 0 Å². The summed E-state index contributed by atoms with van der Waals surface area (Å²) in [6.45, 7) is 0.638. The van der Waals surface area contributed by atoms with E-state index in [1.807, 2.05) is 24.5 Å². The van der Waals surface area contributed by atoms with E-state index in [1.165, 1.54) is 18.9 Å². The molecule has 2 saturated heterocycles. The highest BCUT2D eigenvalue weighted by Crippen LogP contribution is 2.41. The zero-order valence-corrected chi connectivity index (χ0v) is 12.9. The average molecular weight is 310 g/mol. The number of hydrogen-bond donors (Lipinski definition) is 0. The van der Waals surface area contributed by atoms with Crippen molar-refractivity contribution in [3.8, 4) is 6.07 Å². The number of rotatable bonds is 3. The first-order valence-corrected chi connectivity index (χ1v) is 8.18. The van der Waals surface area contributed by atoms with E-state index in [0.717, 1.165) is 12.8 Å². The molecular weight excluding hydrogens is 291 g/mol. The van der Waals surface area contributed by atoms with Gasteiger partial charge in [0.15, 0.2) is 0 Å². The second kappa shape index (κ2) is 5.78. The van der Waals surface area contributed by atoms with Crippen LogP contribution < -0.4 is 0 Å². The lowest BCUT2D eigenvalue weighted by Crippen LogP contribution is -2.43. The summed E-state index contributed by atoms with van der Waals surface area (Å²) in [5.74, 6) is -0.266. The lowest BCUT2D eigenvalue weighted by Gasteiger charge is -2.39. The van der Waals surface area contributed by atoms with E-state index >= 15 is 0 Å². The van der Waals surface area contributed by atoms with Crippen LogP contribution >= 0.6 is 0 Å². The van der Waals surface area contributed by atoms with Gasteiger partial charge in [-0.25, -0.2) is 4.39 Å². The van der Waals surface area contributed by atoms with Crippen LogP contribution in [0.4, 0.5) is 4.39 Å². The Hall–Kier alpha value is -2.19. The van der Waals surface area contributed by atoms with Crippen LogP contribution in [-0.4, -0.2) is 26.8 Å². The first kappa shape index (κ1) is 14.4. The monoisotopic (exact) mass is 310 g/mol. The Labute approximate surface area is 135 Å². The van der Waals surface area contributed by atoms with E-state index in [9.17, 15) is 4.39 Å². The quantitative estimate of drug-likeness (QED) is 0.874. The summed E-state index contributed by atoms with van der Waals surface area (Å²) in [5, 5.41) is 13.2. The van der Waals surface area contributed by atoms with Crippen molar-refractivity contribution >= 4 is 0 Å². The molecule has 0 spiro atoms. The van der Waals surface area contributed by atoms with Crippen LogP contribution in [0.15, 0.2) is 36.7 Å². The molecule has 2 aliphatic heterocycles. The number of aromatic nitrogens is 2. The fourth-order valence-electron chi connectivity index (χ4n) is 4.16. The summed E-state index contributed by atoms with van der Waals surface area (Å²) in [5.41, 5.74) is 1.07. The van der Waals surface area contributed by atoms with Crippen molar-refractivity contribution < 1.29 is 4.39 Å². The average Bonchev–Trinajstić information content (AvgIpc) is 3.16. The van der Waals surface area contributed by atoms with Crippen LogP contribution in [0, 0.1) is 17.1 Å². The molecule has 23 heavy (non-hydrogen) atoms. The topological polar surface area (TPSA) is 44.9 Å². The molecule has 0 amide bonds. The normalized spacial score (nSPS) is 27.0. The lowest BCUT2D eigenvalue weighted by molar-refractivity contribution is 0.0940. The van der Waals surface area contributed by atoms with E-state index in [4.69, 9.17) is 5.26 Å². The zero-order valence-electron chi connectivity index (χ0n) is 12.9. The number of nitrogens with zero attached hydrogens (tertiary/aromatic N) is 4. The number of hydrogen-bond acceptors (Lipinski definition) is 3. The predicted molar refractivity (Wildman–Crippen MR) is 84.0 cm³/mol. The van der Waals surface area contributed by atoms with Crippen molar-refractivity contribution in [1.29, 1.82) is 5.26 Å². The molecule has 1 aromatic carbocycles. The molecule has 2 unspecified atom stereocenters. The van der Waals surface area contributed by atoms with Gasteiger partial charge in [-0.15, -0.1) is 0 Å². The summed E-state index contributed by atoms with van der Waals surface area (Å²) >= 11 is 0. The Morgan fingerprint density at radius 2 is 2.00 bits per heavy atom. The molecule has 2 aliphatic rings. The Morgan fingerprint density at radius 3 is 2.61 bits per heavy atom. The highest BCUT2D eigenvalue weighted by Gasteiger charge is 2.41. The van der Waals surface area contributed by atoms with Gasteiger partial charge in [-0.1, -0.05) is 6.07 Å². The number of nitriles is 1. The van der Waals surface area contributed by atoms with Gasteiger partial charge in [-0.3, -0.25) is 9.58 Å². The molecule has 0 saturated carbocycles. The maximum Gasteiger partial charge on any atom is 0.129 e. The van der Waals surface area contributed by atoms with Crippen LogP contribution in [0.1, 0.15) is 42.9 Å². The third kappa shape index (κ3) is 2.64. The maximum atomic E-state index is 14.2. The molecule has 2 fully saturated rings. The third-order valence-corrected chi connectivity index (χ3v) is 5.29. The van der Waals surface area contributed by atoms with Gasteiger partial charge in [0.2, 0.25) is 0 Å². The van der Waals surface area contributed by atoms with Crippen molar-refractivity contribution in [2.24, 2.45) is 0 Å². The molecule has 0 N–H and O–H groups in total. The molecule has 0 aliphatic carbocycles.